The summed E-state index contributed by atoms with van der Waals surface area (Å²) in [6.07, 6.45) is 3.09. The van der Waals surface area contributed by atoms with Crippen LogP contribution in [-0.4, -0.2) is 31.4 Å². The molecular formula is C17H16N2O3S3. The number of thioether (sulfide) groups is 1. The smallest absolute Gasteiger partial charge is 0.280 e. The minimum absolute atomic E-state index is 0.00261. The highest BCUT2D eigenvalue weighted by Gasteiger charge is 2.18. The first-order chi connectivity index (χ1) is 11.8. The van der Waals surface area contributed by atoms with Gasteiger partial charge in [0.25, 0.3) is 5.91 Å². The van der Waals surface area contributed by atoms with Crippen molar-refractivity contribution in [1.29, 1.82) is 0 Å². The van der Waals surface area contributed by atoms with Gasteiger partial charge in [-0.2, -0.15) is 4.99 Å². The maximum absolute atomic E-state index is 12.6. The lowest BCUT2D eigenvalue weighted by Gasteiger charge is -2.03. The Balaban J connectivity index is 2.15. The van der Waals surface area contributed by atoms with E-state index in [1.807, 2.05) is 30.0 Å². The number of benzene rings is 2. The van der Waals surface area contributed by atoms with Gasteiger partial charge in [-0.05, 0) is 36.6 Å². The first kappa shape index (κ1) is 17.9. The van der Waals surface area contributed by atoms with Gasteiger partial charge in [0.2, 0.25) is 0 Å². The van der Waals surface area contributed by atoms with E-state index in [0.717, 1.165) is 21.4 Å². The van der Waals surface area contributed by atoms with E-state index >= 15 is 0 Å². The molecule has 1 heterocycles. The van der Waals surface area contributed by atoms with Crippen LogP contribution in [-0.2, 0) is 16.9 Å². The second-order valence-corrected chi connectivity index (χ2v) is 9.34. The maximum atomic E-state index is 12.6. The Morgan fingerprint density at radius 3 is 2.60 bits per heavy atom. The molecule has 1 aromatic heterocycles. The summed E-state index contributed by atoms with van der Waals surface area (Å²) in [6, 6.07) is 12.2. The average molecular weight is 393 g/mol. The molecule has 0 atom stereocenters. The van der Waals surface area contributed by atoms with Crippen LogP contribution < -0.4 is 4.80 Å². The molecule has 1 amide bonds. The molecule has 0 aliphatic rings. The highest BCUT2D eigenvalue weighted by atomic mass is 32.2. The number of hydrogen-bond acceptors (Lipinski definition) is 5. The van der Waals surface area contributed by atoms with E-state index in [0.29, 0.717) is 4.80 Å². The Morgan fingerprint density at radius 1 is 1.20 bits per heavy atom. The molecule has 3 aromatic rings. The average Bonchev–Trinajstić information content (AvgIpc) is 2.89. The standard InChI is InChI=1S/C17H16N2O3S3/c1-19-13-9-8-11(23-2)10-14(13)24-17(19)18-16(20)12-6-4-5-7-15(12)25(3,21)22/h4-10H,1-3H3. The second-order valence-electron chi connectivity index (χ2n) is 5.46. The number of fused-ring (bicyclic) bond motifs is 1. The van der Waals surface area contributed by atoms with Crippen molar-refractivity contribution in [3.63, 3.8) is 0 Å². The summed E-state index contributed by atoms with van der Waals surface area (Å²) in [5.41, 5.74) is 1.07. The number of carbonyl (C=O) groups excluding carboxylic acids is 1. The molecule has 25 heavy (non-hydrogen) atoms. The zero-order valence-electron chi connectivity index (χ0n) is 13.9. The van der Waals surface area contributed by atoms with Gasteiger partial charge in [0, 0.05) is 18.2 Å². The Bertz CT molecular complexity index is 1140. The summed E-state index contributed by atoms with van der Waals surface area (Å²) in [5, 5.41) is 0. The van der Waals surface area contributed by atoms with Gasteiger partial charge in [-0.3, -0.25) is 4.79 Å². The van der Waals surface area contributed by atoms with E-state index in [1.165, 1.54) is 23.5 Å². The van der Waals surface area contributed by atoms with E-state index in [2.05, 4.69) is 11.1 Å². The zero-order chi connectivity index (χ0) is 18.2. The molecule has 0 radical (unpaired) electrons. The SMILES string of the molecule is CSc1ccc2c(c1)sc(=NC(=O)c1ccccc1S(C)(=O)=O)n2C. The van der Waals surface area contributed by atoms with Crippen molar-refractivity contribution in [2.45, 2.75) is 9.79 Å². The van der Waals surface area contributed by atoms with Crippen LogP contribution in [0.25, 0.3) is 10.2 Å². The van der Waals surface area contributed by atoms with Crippen molar-refractivity contribution in [3.05, 3.63) is 52.8 Å². The molecule has 2 aromatic carbocycles. The van der Waals surface area contributed by atoms with E-state index in [4.69, 9.17) is 0 Å². The largest absolute Gasteiger partial charge is 0.319 e. The highest BCUT2D eigenvalue weighted by Crippen LogP contribution is 2.23. The Kier molecular flexibility index (Phi) is 4.86. The topological polar surface area (TPSA) is 68.5 Å². The van der Waals surface area contributed by atoms with E-state index in [1.54, 1.807) is 23.9 Å². The Labute approximate surface area is 154 Å². The molecule has 0 spiro atoms. The third kappa shape index (κ3) is 3.56. The first-order valence-electron chi connectivity index (χ1n) is 7.33. The Hall–Kier alpha value is -1.90. The monoisotopic (exact) mass is 392 g/mol. The lowest BCUT2D eigenvalue weighted by Crippen LogP contribution is -2.15. The van der Waals surface area contributed by atoms with Crippen LogP contribution in [0, 0.1) is 0 Å². The fourth-order valence-corrected chi connectivity index (χ4v) is 4.91. The van der Waals surface area contributed by atoms with Crippen molar-refractivity contribution in [3.8, 4) is 0 Å². The minimum Gasteiger partial charge on any atom is -0.319 e. The molecule has 8 heteroatoms. The number of nitrogens with zero attached hydrogens (tertiary/aromatic N) is 2. The van der Waals surface area contributed by atoms with Crippen molar-refractivity contribution >= 4 is 49.1 Å². The van der Waals surface area contributed by atoms with Gasteiger partial charge in [0.05, 0.1) is 20.7 Å². The molecular weight excluding hydrogens is 376 g/mol. The van der Waals surface area contributed by atoms with Gasteiger partial charge >= 0.3 is 0 Å². The van der Waals surface area contributed by atoms with Crippen molar-refractivity contribution in [2.75, 3.05) is 12.5 Å². The second kappa shape index (κ2) is 6.78. The van der Waals surface area contributed by atoms with E-state index in [9.17, 15) is 13.2 Å². The number of sulfone groups is 1. The van der Waals surface area contributed by atoms with Crippen LogP contribution >= 0.6 is 23.1 Å². The molecule has 130 valence electrons. The molecule has 0 unspecified atom stereocenters. The molecule has 0 aliphatic carbocycles. The van der Waals surface area contributed by atoms with Crippen molar-refractivity contribution in [1.82, 2.24) is 4.57 Å². The summed E-state index contributed by atoms with van der Waals surface area (Å²) >= 11 is 3.05. The zero-order valence-corrected chi connectivity index (χ0v) is 16.3. The minimum atomic E-state index is -3.50. The normalized spacial score (nSPS) is 12.7. The van der Waals surface area contributed by atoms with Gasteiger partial charge < -0.3 is 4.57 Å². The molecule has 3 rings (SSSR count). The molecule has 0 fully saturated rings. The molecule has 0 bridgehead atoms. The predicted molar refractivity (Wildman–Crippen MR) is 102 cm³/mol. The summed E-state index contributed by atoms with van der Waals surface area (Å²) < 4.78 is 26.6. The van der Waals surface area contributed by atoms with Crippen LogP contribution in [0.1, 0.15) is 10.4 Å². The number of aromatic nitrogens is 1. The van der Waals surface area contributed by atoms with E-state index in [-0.39, 0.29) is 10.5 Å². The van der Waals surface area contributed by atoms with Crippen LogP contribution in [0.2, 0.25) is 0 Å². The highest BCUT2D eigenvalue weighted by molar-refractivity contribution is 7.98. The number of rotatable bonds is 3. The van der Waals surface area contributed by atoms with Crippen LogP contribution in [0.3, 0.4) is 0 Å². The lowest BCUT2D eigenvalue weighted by atomic mass is 10.2. The fourth-order valence-electron chi connectivity index (χ4n) is 2.46. The summed E-state index contributed by atoms with van der Waals surface area (Å²) in [5.74, 6) is -0.562. The van der Waals surface area contributed by atoms with Gasteiger partial charge in [0.15, 0.2) is 14.6 Å². The van der Waals surface area contributed by atoms with E-state index < -0.39 is 15.7 Å². The first-order valence-corrected chi connectivity index (χ1v) is 11.3. The van der Waals surface area contributed by atoms with Gasteiger partial charge in [-0.25, -0.2) is 8.42 Å². The number of carbonyl (C=O) groups is 1. The quantitative estimate of drug-likeness (QED) is 0.642. The third-order valence-corrected chi connectivity index (χ3v) is 6.71. The molecule has 0 saturated carbocycles. The van der Waals surface area contributed by atoms with Crippen LogP contribution in [0.5, 0.6) is 0 Å². The Morgan fingerprint density at radius 2 is 1.92 bits per heavy atom. The number of thiazole rings is 1. The van der Waals surface area contributed by atoms with Crippen LogP contribution in [0.15, 0.2) is 57.2 Å². The summed E-state index contributed by atoms with van der Waals surface area (Å²) in [6.45, 7) is 0. The molecule has 0 saturated heterocycles. The van der Waals surface area contributed by atoms with Crippen molar-refractivity contribution < 1.29 is 13.2 Å². The van der Waals surface area contributed by atoms with Gasteiger partial charge in [-0.1, -0.05) is 23.5 Å². The molecule has 0 aliphatic heterocycles. The van der Waals surface area contributed by atoms with Gasteiger partial charge in [0.1, 0.15) is 0 Å². The fraction of sp³-hybridized carbons (Fsp3) is 0.176. The summed E-state index contributed by atoms with van der Waals surface area (Å²) in [7, 11) is -1.66. The number of aryl methyl sites for hydroxylation is 1. The molecule has 5 nitrogen and oxygen atoms in total. The predicted octanol–water partition coefficient (Wildman–Crippen LogP) is 3.11. The lowest BCUT2D eigenvalue weighted by molar-refractivity contribution is 0.0995. The van der Waals surface area contributed by atoms with Gasteiger partial charge in [-0.15, -0.1) is 11.8 Å². The third-order valence-electron chi connectivity index (χ3n) is 3.73. The summed E-state index contributed by atoms with van der Waals surface area (Å²) in [4.78, 5) is 18.4. The number of hydrogen-bond donors (Lipinski definition) is 0. The molecule has 0 N–H and O–H groups in total. The van der Waals surface area contributed by atoms with Crippen LogP contribution in [0.4, 0.5) is 0 Å². The van der Waals surface area contributed by atoms with Crippen molar-refractivity contribution in [2.24, 2.45) is 12.0 Å². The number of amides is 1. The maximum Gasteiger partial charge on any atom is 0.280 e.